The quantitative estimate of drug-likeness (QED) is 0.483. The molecule has 0 saturated carbocycles. The molecule has 3 rings (SSSR count). The van der Waals surface area contributed by atoms with Gasteiger partial charge in [0.1, 0.15) is 5.69 Å². The summed E-state index contributed by atoms with van der Waals surface area (Å²) in [5, 5.41) is 3.36. The fourth-order valence-electron chi connectivity index (χ4n) is 3.71. The summed E-state index contributed by atoms with van der Waals surface area (Å²) in [7, 11) is -2.66. The molecule has 3 aromatic carbocycles. The molecule has 0 aliphatic heterocycles. The molecule has 1 N–H and O–H groups in total. The van der Waals surface area contributed by atoms with E-state index < -0.39 is 27.3 Å². The SMILES string of the molecule is Cc1cc(-c2cc(F)c(N(C)S(C)(=O)=O)c(F)c2)c(C)cc1-c1ccc(NC(C)C)cc1. The van der Waals surface area contributed by atoms with E-state index in [1.807, 2.05) is 50.2 Å². The fourth-order valence-corrected chi connectivity index (χ4v) is 4.21. The first-order valence-corrected chi connectivity index (χ1v) is 12.1. The minimum absolute atomic E-state index is 0.341. The van der Waals surface area contributed by atoms with Crippen LogP contribution in [0.15, 0.2) is 48.5 Å². The number of nitrogens with one attached hydrogen (secondary N) is 1. The molecule has 0 saturated heterocycles. The van der Waals surface area contributed by atoms with Crippen LogP contribution in [0.5, 0.6) is 0 Å². The normalized spacial score (nSPS) is 11.7. The van der Waals surface area contributed by atoms with Gasteiger partial charge in [-0.1, -0.05) is 24.3 Å². The molecule has 7 heteroatoms. The second-order valence-electron chi connectivity index (χ2n) is 8.38. The molecule has 0 bridgehead atoms. The summed E-state index contributed by atoms with van der Waals surface area (Å²) in [5.41, 5.74) is 5.42. The standard InChI is InChI=1S/C25H28F2N2O2S/c1-15(2)28-20-9-7-18(8-10-20)21-11-17(4)22(12-16(21)3)19-13-23(26)25(24(27)14-19)29(5)32(6,30)31/h7-15,28H,1-6H3. The van der Waals surface area contributed by atoms with E-state index in [1.54, 1.807) is 0 Å². The van der Waals surface area contributed by atoms with Crippen molar-refractivity contribution >= 4 is 21.4 Å². The van der Waals surface area contributed by atoms with Crippen LogP contribution in [0, 0.1) is 25.5 Å². The minimum Gasteiger partial charge on any atom is -0.383 e. The maximum absolute atomic E-state index is 14.7. The van der Waals surface area contributed by atoms with Crippen LogP contribution >= 0.6 is 0 Å². The Labute approximate surface area is 189 Å². The lowest BCUT2D eigenvalue weighted by molar-refractivity contribution is 0.575. The summed E-state index contributed by atoms with van der Waals surface area (Å²) in [6.45, 7) is 8.01. The number of hydrogen-bond acceptors (Lipinski definition) is 3. The summed E-state index contributed by atoms with van der Waals surface area (Å²) in [6, 6.07) is 14.7. The molecular formula is C25H28F2N2O2S. The van der Waals surface area contributed by atoms with Crippen molar-refractivity contribution in [2.45, 2.75) is 33.7 Å². The van der Waals surface area contributed by atoms with Gasteiger partial charge in [-0.15, -0.1) is 0 Å². The van der Waals surface area contributed by atoms with Crippen LogP contribution in [0.2, 0.25) is 0 Å². The molecule has 0 aliphatic carbocycles. The zero-order valence-electron chi connectivity index (χ0n) is 19.1. The first-order valence-electron chi connectivity index (χ1n) is 10.3. The van der Waals surface area contributed by atoms with Crippen molar-refractivity contribution in [3.05, 3.63) is 71.3 Å². The molecule has 0 spiro atoms. The van der Waals surface area contributed by atoms with Crippen molar-refractivity contribution in [3.63, 3.8) is 0 Å². The van der Waals surface area contributed by atoms with Crippen LogP contribution in [0.1, 0.15) is 25.0 Å². The second kappa shape index (κ2) is 8.90. The molecule has 0 aromatic heterocycles. The van der Waals surface area contributed by atoms with E-state index in [1.165, 1.54) is 12.1 Å². The highest BCUT2D eigenvalue weighted by atomic mass is 32.2. The predicted octanol–water partition coefficient (Wildman–Crippen LogP) is 6.13. The van der Waals surface area contributed by atoms with Gasteiger partial charge in [0.15, 0.2) is 11.6 Å². The molecule has 0 radical (unpaired) electrons. The van der Waals surface area contributed by atoms with E-state index >= 15 is 0 Å². The molecule has 4 nitrogen and oxygen atoms in total. The van der Waals surface area contributed by atoms with Crippen molar-refractivity contribution in [1.29, 1.82) is 0 Å². The van der Waals surface area contributed by atoms with Gasteiger partial charge in [-0.3, -0.25) is 4.31 Å². The summed E-state index contributed by atoms with van der Waals surface area (Å²) >= 11 is 0. The van der Waals surface area contributed by atoms with E-state index in [2.05, 4.69) is 19.2 Å². The number of halogens is 2. The maximum atomic E-state index is 14.7. The molecule has 170 valence electrons. The molecule has 0 heterocycles. The summed E-state index contributed by atoms with van der Waals surface area (Å²) in [4.78, 5) is 0. The maximum Gasteiger partial charge on any atom is 0.232 e. The van der Waals surface area contributed by atoms with E-state index in [-0.39, 0.29) is 0 Å². The van der Waals surface area contributed by atoms with Gasteiger partial charge in [0, 0.05) is 18.8 Å². The number of aryl methyl sites for hydroxylation is 2. The lowest BCUT2D eigenvalue weighted by Crippen LogP contribution is -2.26. The minimum atomic E-state index is -3.79. The van der Waals surface area contributed by atoms with Crippen LogP contribution < -0.4 is 9.62 Å². The molecular weight excluding hydrogens is 430 g/mol. The van der Waals surface area contributed by atoms with Crippen LogP contribution in [0.25, 0.3) is 22.3 Å². The average Bonchev–Trinajstić information content (AvgIpc) is 2.68. The molecule has 0 amide bonds. The van der Waals surface area contributed by atoms with Gasteiger partial charge in [0.25, 0.3) is 0 Å². The first-order chi connectivity index (χ1) is 14.9. The third-order valence-electron chi connectivity index (χ3n) is 5.36. The Kier molecular flexibility index (Phi) is 6.60. The third-order valence-corrected chi connectivity index (χ3v) is 6.54. The zero-order chi connectivity index (χ0) is 23.8. The van der Waals surface area contributed by atoms with Crippen LogP contribution in [-0.4, -0.2) is 27.8 Å². The molecule has 0 aliphatic rings. The molecule has 0 atom stereocenters. The first kappa shape index (κ1) is 23.7. The van der Waals surface area contributed by atoms with Gasteiger partial charge in [-0.05, 0) is 85.3 Å². The highest BCUT2D eigenvalue weighted by molar-refractivity contribution is 7.92. The monoisotopic (exact) mass is 458 g/mol. The Hall–Kier alpha value is -2.93. The van der Waals surface area contributed by atoms with Crippen LogP contribution in [0.4, 0.5) is 20.2 Å². The number of hydrogen-bond donors (Lipinski definition) is 1. The third kappa shape index (κ3) is 4.93. The van der Waals surface area contributed by atoms with E-state index in [0.717, 1.165) is 41.2 Å². The molecule has 0 unspecified atom stereocenters. The number of anilines is 2. The number of sulfonamides is 1. The van der Waals surface area contributed by atoms with Crippen molar-refractivity contribution in [2.24, 2.45) is 0 Å². The molecule has 0 fully saturated rings. The number of nitrogens with zero attached hydrogens (tertiary/aromatic N) is 1. The number of benzene rings is 3. The largest absolute Gasteiger partial charge is 0.383 e. The topological polar surface area (TPSA) is 49.4 Å². The van der Waals surface area contributed by atoms with Crippen molar-refractivity contribution in [2.75, 3.05) is 22.9 Å². The van der Waals surface area contributed by atoms with Gasteiger partial charge >= 0.3 is 0 Å². The smallest absolute Gasteiger partial charge is 0.232 e. The summed E-state index contributed by atoms with van der Waals surface area (Å²) in [6.07, 6.45) is 0.900. The van der Waals surface area contributed by atoms with Gasteiger partial charge in [0.05, 0.1) is 6.26 Å². The fraction of sp³-hybridized carbons (Fsp3) is 0.280. The van der Waals surface area contributed by atoms with Crippen LogP contribution in [-0.2, 0) is 10.0 Å². The van der Waals surface area contributed by atoms with Crippen molar-refractivity contribution in [3.8, 4) is 22.3 Å². The lowest BCUT2D eigenvalue weighted by Gasteiger charge is -2.19. The zero-order valence-corrected chi connectivity index (χ0v) is 19.9. The second-order valence-corrected chi connectivity index (χ2v) is 10.4. The van der Waals surface area contributed by atoms with Crippen LogP contribution in [0.3, 0.4) is 0 Å². The van der Waals surface area contributed by atoms with E-state index in [9.17, 15) is 17.2 Å². The Bertz CT molecular complexity index is 1230. The van der Waals surface area contributed by atoms with Crippen molar-refractivity contribution < 1.29 is 17.2 Å². The Morgan fingerprint density at radius 2 is 1.31 bits per heavy atom. The highest BCUT2D eigenvalue weighted by Crippen LogP contribution is 2.35. The van der Waals surface area contributed by atoms with E-state index in [0.29, 0.717) is 21.5 Å². The summed E-state index contributed by atoms with van der Waals surface area (Å²) in [5.74, 6) is -1.86. The molecule has 3 aromatic rings. The van der Waals surface area contributed by atoms with Gasteiger partial charge in [-0.25, -0.2) is 17.2 Å². The number of rotatable bonds is 6. The van der Waals surface area contributed by atoms with Gasteiger partial charge < -0.3 is 5.32 Å². The average molecular weight is 459 g/mol. The lowest BCUT2D eigenvalue weighted by atomic mass is 9.91. The Morgan fingerprint density at radius 3 is 1.75 bits per heavy atom. The summed E-state index contributed by atoms with van der Waals surface area (Å²) < 4.78 is 53.5. The van der Waals surface area contributed by atoms with Crippen molar-refractivity contribution in [1.82, 2.24) is 0 Å². The van der Waals surface area contributed by atoms with Gasteiger partial charge in [0.2, 0.25) is 10.0 Å². The van der Waals surface area contributed by atoms with Gasteiger partial charge in [-0.2, -0.15) is 0 Å². The highest BCUT2D eigenvalue weighted by Gasteiger charge is 2.22. The van der Waals surface area contributed by atoms with E-state index in [4.69, 9.17) is 0 Å². The Balaban J connectivity index is 2.01. The predicted molar refractivity (Wildman–Crippen MR) is 129 cm³/mol. The molecule has 32 heavy (non-hydrogen) atoms. The Morgan fingerprint density at radius 1 is 0.844 bits per heavy atom.